The second-order valence-corrected chi connectivity index (χ2v) is 11.6. The van der Waals surface area contributed by atoms with E-state index in [0.29, 0.717) is 51.8 Å². The number of morpholine rings is 1. The van der Waals surface area contributed by atoms with Crippen LogP contribution < -0.4 is 10.5 Å². The molecule has 0 N–H and O–H groups in total. The highest BCUT2D eigenvalue weighted by atomic mass is 32.2. The molecule has 0 bridgehead atoms. The summed E-state index contributed by atoms with van der Waals surface area (Å²) >= 11 is 6.88. The maximum absolute atomic E-state index is 13.8. The van der Waals surface area contributed by atoms with Gasteiger partial charge in [0.05, 0.1) is 22.7 Å². The minimum Gasteiger partial charge on any atom is -0.372 e. The number of ether oxygens (including phenoxy) is 1. The molecule has 0 radical (unpaired) electrons. The van der Waals surface area contributed by atoms with Crippen LogP contribution in [-0.4, -0.2) is 56.4 Å². The highest BCUT2D eigenvalue weighted by Gasteiger charge is 2.34. The topological polar surface area (TPSA) is 67.2 Å². The van der Waals surface area contributed by atoms with Gasteiger partial charge in [0.25, 0.3) is 11.5 Å². The van der Waals surface area contributed by atoms with Crippen LogP contribution in [0, 0.1) is 12.8 Å². The Hall–Kier alpha value is -2.23. The SMILES string of the molecule is CCCCC(CC)CN1C(=O)C(=Cc2c(N3CC(C)OC(C)C3)nc3c(C)cccn3c2=O)SC1=S. The first-order chi connectivity index (χ1) is 17.2. The minimum atomic E-state index is -0.190. The van der Waals surface area contributed by atoms with Crippen molar-refractivity contribution >= 4 is 51.7 Å². The van der Waals surface area contributed by atoms with E-state index in [1.54, 1.807) is 21.6 Å². The fourth-order valence-corrected chi connectivity index (χ4v) is 6.24. The Labute approximate surface area is 222 Å². The number of rotatable bonds is 8. The molecule has 2 aromatic heterocycles. The number of aryl methyl sites for hydroxylation is 1. The normalized spacial score (nSPS) is 22.8. The fourth-order valence-electron chi connectivity index (χ4n) is 4.98. The molecule has 0 spiro atoms. The Balaban J connectivity index is 1.76. The van der Waals surface area contributed by atoms with Crippen LogP contribution in [0.15, 0.2) is 28.0 Å². The first-order valence-electron chi connectivity index (χ1n) is 12.9. The number of amides is 1. The predicted octanol–water partition coefficient (Wildman–Crippen LogP) is 5.03. The number of fused-ring (bicyclic) bond motifs is 1. The summed E-state index contributed by atoms with van der Waals surface area (Å²) < 4.78 is 8.05. The lowest BCUT2D eigenvalue weighted by Gasteiger charge is -2.36. The second kappa shape index (κ2) is 11.4. The van der Waals surface area contributed by atoms with E-state index in [0.717, 1.165) is 31.2 Å². The van der Waals surface area contributed by atoms with E-state index < -0.39 is 0 Å². The number of thiocarbonyl (C=S) groups is 1. The van der Waals surface area contributed by atoms with E-state index in [9.17, 15) is 9.59 Å². The van der Waals surface area contributed by atoms with Crippen molar-refractivity contribution in [1.29, 1.82) is 0 Å². The van der Waals surface area contributed by atoms with Crippen molar-refractivity contribution in [3.05, 3.63) is 44.7 Å². The number of pyridine rings is 1. The Morgan fingerprint density at radius 2 is 1.97 bits per heavy atom. The summed E-state index contributed by atoms with van der Waals surface area (Å²) in [6, 6.07) is 3.79. The van der Waals surface area contributed by atoms with Gasteiger partial charge < -0.3 is 9.64 Å². The van der Waals surface area contributed by atoms with Crippen LogP contribution in [0.2, 0.25) is 0 Å². The van der Waals surface area contributed by atoms with Crippen molar-refractivity contribution in [3.63, 3.8) is 0 Å². The van der Waals surface area contributed by atoms with E-state index in [1.165, 1.54) is 11.8 Å². The smallest absolute Gasteiger partial charge is 0.267 e. The second-order valence-electron chi connectivity index (χ2n) is 9.91. The van der Waals surface area contributed by atoms with Gasteiger partial charge in [0.1, 0.15) is 15.8 Å². The summed E-state index contributed by atoms with van der Waals surface area (Å²) in [5, 5.41) is 0. The van der Waals surface area contributed by atoms with Crippen molar-refractivity contribution in [1.82, 2.24) is 14.3 Å². The van der Waals surface area contributed by atoms with Crippen LogP contribution in [0.25, 0.3) is 11.7 Å². The molecule has 194 valence electrons. The summed E-state index contributed by atoms with van der Waals surface area (Å²) in [6.45, 7) is 12.2. The third kappa shape index (κ3) is 5.53. The lowest BCUT2D eigenvalue weighted by molar-refractivity contribution is -0.122. The molecule has 0 saturated carbocycles. The molecule has 3 atom stereocenters. The molecular weight excluding hydrogens is 492 g/mol. The molecule has 0 aliphatic carbocycles. The molecule has 1 amide bonds. The van der Waals surface area contributed by atoms with E-state index in [-0.39, 0.29) is 23.7 Å². The summed E-state index contributed by atoms with van der Waals surface area (Å²) in [6.07, 6.45) is 7.80. The third-order valence-electron chi connectivity index (χ3n) is 6.92. The number of nitrogens with zero attached hydrogens (tertiary/aromatic N) is 4. The van der Waals surface area contributed by atoms with Gasteiger partial charge in [-0.3, -0.25) is 18.9 Å². The van der Waals surface area contributed by atoms with Gasteiger partial charge >= 0.3 is 0 Å². The molecule has 36 heavy (non-hydrogen) atoms. The Kier molecular flexibility index (Phi) is 8.52. The number of anilines is 1. The molecule has 2 aliphatic rings. The summed E-state index contributed by atoms with van der Waals surface area (Å²) in [4.78, 5) is 36.5. The Bertz CT molecular complexity index is 1230. The first kappa shape index (κ1) is 26.8. The van der Waals surface area contributed by atoms with Crippen LogP contribution in [-0.2, 0) is 9.53 Å². The van der Waals surface area contributed by atoms with Crippen molar-refractivity contribution in [3.8, 4) is 0 Å². The van der Waals surface area contributed by atoms with Gasteiger partial charge in [-0.25, -0.2) is 4.98 Å². The highest BCUT2D eigenvalue weighted by Crippen LogP contribution is 2.35. The van der Waals surface area contributed by atoms with Crippen LogP contribution in [0.1, 0.15) is 64.5 Å². The van der Waals surface area contributed by atoms with Crippen molar-refractivity contribution in [2.75, 3.05) is 24.5 Å². The number of thioether (sulfide) groups is 1. The monoisotopic (exact) mass is 528 g/mol. The van der Waals surface area contributed by atoms with E-state index >= 15 is 0 Å². The summed E-state index contributed by atoms with van der Waals surface area (Å²) in [5.74, 6) is 0.883. The zero-order valence-electron chi connectivity index (χ0n) is 21.8. The molecule has 0 aromatic carbocycles. The van der Waals surface area contributed by atoms with Gasteiger partial charge in [0.15, 0.2) is 0 Å². The minimum absolute atomic E-state index is 0.00558. The lowest BCUT2D eigenvalue weighted by atomic mass is 9.99. The number of aromatic nitrogens is 2. The van der Waals surface area contributed by atoms with Gasteiger partial charge in [0, 0.05) is 25.8 Å². The van der Waals surface area contributed by atoms with Gasteiger partial charge in [-0.15, -0.1) is 0 Å². The Morgan fingerprint density at radius 1 is 1.25 bits per heavy atom. The third-order valence-corrected chi connectivity index (χ3v) is 8.29. The summed E-state index contributed by atoms with van der Waals surface area (Å²) in [5.41, 5.74) is 1.76. The molecule has 2 aliphatic heterocycles. The molecule has 4 rings (SSSR count). The molecule has 2 saturated heterocycles. The predicted molar refractivity (Wildman–Crippen MR) is 152 cm³/mol. The lowest BCUT2D eigenvalue weighted by Crippen LogP contribution is -2.46. The molecule has 2 fully saturated rings. The largest absolute Gasteiger partial charge is 0.372 e. The quantitative estimate of drug-likeness (QED) is 0.351. The summed E-state index contributed by atoms with van der Waals surface area (Å²) in [7, 11) is 0. The standard InChI is InChI=1S/C27H36N4O3S2/c1-6-8-11-20(7-2)16-31-26(33)22(36-27(31)35)13-21-24(29-14-18(4)34-19(5)15-29)28-23-17(3)10-9-12-30(23)25(21)32/h9-10,12-13,18-20H,6-8,11,14-16H2,1-5H3. The maximum atomic E-state index is 13.8. The van der Waals surface area contributed by atoms with E-state index in [1.807, 2.05) is 32.9 Å². The number of hydrogen-bond donors (Lipinski definition) is 0. The zero-order valence-corrected chi connectivity index (χ0v) is 23.5. The zero-order chi connectivity index (χ0) is 26.0. The van der Waals surface area contributed by atoms with Gasteiger partial charge in [-0.2, -0.15) is 0 Å². The number of carbonyl (C=O) groups excluding carboxylic acids is 1. The van der Waals surface area contributed by atoms with Crippen molar-refractivity contribution in [2.45, 2.75) is 72.5 Å². The van der Waals surface area contributed by atoms with Gasteiger partial charge in [0.2, 0.25) is 0 Å². The highest BCUT2D eigenvalue weighted by molar-refractivity contribution is 8.26. The fraction of sp³-hybridized carbons (Fsp3) is 0.556. The molecule has 2 aromatic rings. The molecule has 4 heterocycles. The average molecular weight is 529 g/mol. The van der Waals surface area contributed by atoms with Gasteiger partial charge in [-0.1, -0.05) is 63.2 Å². The number of hydrogen-bond acceptors (Lipinski definition) is 7. The van der Waals surface area contributed by atoms with E-state index in [2.05, 4.69) is 18.7 Å². The number of carbonyl (C=O) groups is 1. The first-order valence-corrected chi connectivity index (χ1v) is 14.1. The van der Waals surface area contributed by atoms with Crippen LogP contribution >= 0.6 is 24.0 Å². The van der Waals surface area contributed by atoms with Crippen LogP contribution in [0.4, 0.5) is 5.82 Å². The molecule has 3 unspecified atom stereocenters. The van der Waals surface area contributed by atoms with E-state index in [4.69, 9.17) is 21.9 Å². The van der Waals surface area contributed by atoms with Gasteiger partial charge in [-0.05, 0) is 50.8 Å². The Morgan fingerprint density at radius 3 is 2.64 bits per heavy atom. The van der Waals surface area contributed by atoms with Crippen LogP contribution in [0.5, 0.6) is 0 Å². The molecule has 7 nitrogen and oxygen atoms in total. The van der Waals surface area contributed by atoms with Crippen molar-refractivity contribution < 1.29 is 9.53 Å². The average Bonchev–Trinajstić information content (AvgIpc) is 3.10. The van der Waals surface area contributed by atoms with Crippen LogP contribution in [0.3, 0.4) is 0 Å². The molecule has 9 heteroatoms. The number of unbranched alkanes of at least 4 members (excludes halogenated alkanes) is 1. The molecular formula is C27H36N4O3S2. The van der Waals surface area contributed by atoms with Crippen molar-refractivity contribution in [2.24, 2.45) is 5.92 Å². The maximum Gasteiger partial charge on any atom is 0.267 e.